The number of nitrogens with zero attached hydrogens (tertiary/aromatic N) is 1. The van der Waals surface area contributed by atoms with Crippen LogP contribution in [0.15, 0.2) is 41.2 Å². The molecule has 2 N–H and O–H groups in total. The van der Waals surface area contributed by atoms with Gasteiger partial charge in [-0.25, -0.2) is 9.89 Å². The standard InChI is InChI=1S/C11H8N2O3/c14-10-8(11(15)16)6-9(12-13-10)7-4-2-1-3-5-7/h1-6H,(H,13,14)(H,15,16). The van der Waals surface area contributed by atoms with Crippen LogP contribution in [0.2, 0.25) is 0 Å². The van der Waals surface area contributed by atoms with Crippen LogP contribution < -0.4 is 5.56 Å². The van der Waals surface area contributed by atoms with Crippen molar-refractivity contribution in [3.63, 3.8) is 0 Å². The van der Waals surface area contributed by atoms with Crippen LogP contribution in [0.1, 0.15) is 10.4 Å². The number of carboxylic acid groups (broad SMARTS) is 1. The lowest BCUT2D eigenvalue weighted by Gasteiger charge is -2.00. The summed E-state index contributed by atoms with van der Waals surface area (Å²) in [5.74, 6) is -1.26. The first-order valence-corrected chi connectivity index (χ1v) is 4.57. The molecule has 0 aliphatic rings. The third-order valence-electron chi connectivity index (χ3n) is 2.10. The highest BCUT2D eigenvalue weighted by atomic mass is 16.4. The van der Waals surface area contributed by atoms with E-state index in [9.17, 15) is 9.59 Å². The lowest BCUT2D eigenvalue weighted by atomic mass is 10.1. The van der Waals surface area contributed by atoms with E-state index in [1.165, 1.54) is 6.07 Å². The fraction of sp³-hybridized carbons (Fsp3) is 0. The van der Waals surface area contributed by atoms with Crippen molar-refractivity contribution < 1.29 is 9.90 Å². The molecule has 0 saturated carbocycles. The lowest BCUT2D eigenvalue weighted by Crippen LogP contribution is -2.18. The summed E-state index contributed by atoms with van der Waals surface area (Å²) < 4.78 is 0. The van der Waals surface area contributed by atoms with Crippen molar-refractivity contribution in [3.8, 4) is 11.3 Å². The Bertz CT molecular complexity index is 575. The Morgan fingerprint density at radius 2 is 1.94 bits per heavy atom. The van der Waals surface area contributed by atoms with Gasteiger partial charge in [-0.05, 0) is 6.07 Å². The number of aromatic amines is 1. The first-order chi connectivity index (χ1) is 7.68. The van der Waals surface area contributed by atoms with Crippen LogP contribution in [0.25, 0.3) is 11.3 Å². The molecular formula is C11H8N2O3. The first-order valence-electron chi connectivity index (χ1n) is 4.57. The molecule has 2 aromatic rings. The minimum Gasteiger partial charge on any atom is -0.477 e. The Balaban J connectivity index is 2.57. The van der Waals surface area contributed by atoms with Crippen LogP contribution in [-0.4, -0.2) is 21.3 Å². The van der Waals surface area contributed by atoms with Crippen molar-refractivity contribution in [1.82, 2.24) is 10.2 Å². The third kappa shape index (κ3) is 1.83. The van der Waals surface area contributed by atoms with Gasteiger partial charge in [-0.3, -0.25) is 4.79 Å². The van der Waals surface area contributed by atoms with Gasteiger partial charge in [-0.15, -0.1) is 0 Å². The zero-order valence-electron chi connectivity index (χ0n) is 8.18. The fourth-order valence-electron chi connectivity index (χ4n) is 1.32. The van der Waals surface area contributed by atoms with E-state index in [0.717, 1.165) is 5.56 Å². The number of hydrogen-bond acceptors (Lipinski definition) is 3. The van der Waals surface area contributed by atoms with Crippen LogP contribution in [0.3, 0.4) is 0 Å². The van der Waals surface area contributed by atoms with Crippen molar-refractivity contribution in [2.45, 2.75) is 0 Å². The van der Waals surface area contributed by atoms with Gasteiger partial charge in [-0.2, -0.15) is 5.10 Å². The highest BCUT2D eigenvalue weighted by Gasteiger charge is 2.10. The molecule has 1 aromatic carbocycles. The maximum Gasteiger partial charge on any atom is 0.341 e. The van der Waals surface area contributed by atoms with E-state index in [1.807, 2.05) is 18.2 Å². The molecule has 5 heteroatoms. The van der Waals surface area contributed by atoms with E-state index in [4.69, 9.17) is 5.11 Å². The van der Waals surface area contributed by atoms with E-state index in [-0.39, 0.29) is 5.56 Å². The van der Waals surface area contributed by atoms with E-state index < -0.39 is 11.5 Å². The minimum atomic E-state index is -1.26. The number of nitrogens with one attached hydrogen (secondary N) is 1. The van der Waals surface area contributed by atoms with Crippen molar-refractivity contribution >= 4 is 5.97 Å². The molecule has 2 rings (SSSR count). The number of benzene rings is 1. The molecule has 0 spiro atoms. The van der Waals surface area contributed by atoms with E-state index in [0.29, 0.717) is 5.69 Å². The molecule has 0 amide bonds. The summed E-state index contributed by atoms with van der Waals surface area (Å²) in [7, 11) is 0. The van der Waals surface area contributed by atoms with Gasteiger partial charge in [0.1, 0.15) is 5.56 Å². The van der Waals surface area contributed by atoms with E-state index in [1.54, 1.807) is 12.1 Å². The SMILES string of the molecule is O=C(O)c1cc(-c2ccccc2)n[nH]c1=O. The minimum absolute atomic E-state index is 0.311. The van der Waals surface area contributed by atoms with Gasteiger partial charge in [-0.1, -0.05) is 30.3 Å². The van der Waals surface area contributed by atoms with E-state index >= 15 is 0 Å². The van der Waals surface area contributed by atoms with Gasteiger partial charge < -0.3 is 5.11 Å². The van der Waals surface area contributed by atoms with Gasteiger partial charge in [0, 0.05) is 5.56 Å². The molecule has 0 bridgehead atoms. The predicted molar refractivity (Wildman–Crippen MR) is 57.3 cm³/mol. The van der Waals surface area contributed by atoms with Crippen LogP contribution in [0, 0.1) is 0 Å². The summed E-state index contributed by atoms with van der Waals surface area (Å²) in [6.45, 7) is 0. The zero-order chi connectivity index (χ0) is 11.5. The average Bonchev–Trinajstić information content (AvgIpc) is 2.30. The van der Waals surface area contributed by atoms with Gasteiger partial charge >= 0.3 is 5.97 Å². The number of rotatable bonds is 2. The van der Waals surface area contributed by atoms with Gasteiger partial charge in [0.05, 0.1) is 5.69 Å². The fourth-order valence-corrected chi connectivity index (χ4v) is 1.32. The number of H-pyrrole nitrogens is 1. The highest BCUT2D eigenvalue weighted by molar-refractivity contribution is 5.88. The Labute approximate surface area is 90.4 Å². The number of aromatic nitrogens is 2. The predicted octanol–water partition coefficient (Wildman–Crippen LogP) is 1.14. The molecule has 0 fully saturated rings. The molecule has 0 aliphatic heterocycles. The van der Waals surface area contributed by atoms with Crippen molar-refractivity contribution in [1.29, 1.82) is 0 Å². The smallest absolute Gasteiger partial charge is 0.341 e. The third-order valence-corrected chi connectivity index (χ3v) is 2.10. The van der Waals surface area contributed by atoms with E-state index in [2.05, 4.69) is 10.2 Å². The number of carboxylic acids is 1. The normalized spacial score (nSPS) is 10.0. The molecule has 0 unspecified atom stereocenters. The largest absolute Gasteiger partial charge is 0.477 e. The monoisotopic (exact) mass is 216 g/mol. The average molecular weight is 216 g/mol. The van der Waals surface area contributed by atoms with Crippen molar-refractivity contribution in [3.05, 3.63) is 52.3 Å². The Kier molecular flexibility index (Phi) is 2.51. The molecular weight excluding hydrogens is 208 g/mol. The number of hydrogen-bond donors (Lipinski definition) is 2. The summed E-state index contributed by atoms with van der Waals surface area (Å²) in [5, 5.41) is 14.7. The second kappa shape index (κ2) is 3.98. The molecule has 1 aromatic heterocycles. The zero-order valence-corrected chi connectivity index (χ0v) is 8.18. The van der Waals surface area contributed by atoms with Crippen LogP contribution in [-0.2, 0) is 0 Å². The second-order valence-corrected chi connectivity index (χ2v) is 3.17. The quantitative estimate of drug-likeness (QED) is 0.788. The molecule has 0 radical (unpaired) electrons. The molecule has 1 heterocycles. The highest BCUT2D eigenvalue weighted by Crippen LogP contribution is 2.14. The Hall–Kier alpha value is -2.43. The maximum absolute atomic E-state index is 11.1. The Morgan fingerprint density at radius 3 is 2.56 bits per heavy atom. The van der Waals surface area contributed by atoms with Gasteiger partial charge in [0.25, 0.3) is 5.56 Å². The molecule has 16 heavy (non-hydrogen) atoms. The molecule has 80 valence electrons. The maximum atomic E-state index is 11.1. The van der Waals surface area contributed by atoms with Crippen LogP contribution in [0.5, 0.6) is 0 Å². The summed E-state index contributed by atoms with van der Waals surface area (Å²) in [5.41, 5.74) is 0.167. The number of aromatic carboxylic acids is 1. The molecule has 0 atom stereocenters. The molecule has 5 nitrogen and oxygen atoms in total. The van der Waals surface area contributed by atoms with Gasteiger partial charge in [0.15, 0.2) is 0 Å². The number of carbonyl (C=O) groups is 1. The van der Waals surface area contributed by atoms with Crippen LogP contribution in [0.4, 0.5) is 0 Å². The molecule has 0 saturated heterocycles. The molecule has 0 aliphatic carbocycles. The lowest BCUT2D eigenvalue weighted by molar-refractivity contribution is 0.0694. The summed E-state index contributed by atoms with van der Waals surface area (Å²) in [6.07, 6.45) is 0. The van der Waals surface area contributed by atoms with Crippen molar-refractivity contribution in [2.24, 2.45) is 0 Å². The van der Waals surface area contributed by atoms with Crippen molar-refractivity contribution in [2.75, 3.05) is 0 Å². The summed E-state index contributed by atoms with van der Waals surface area (Å²) in [6, 6.07) is 10.3. The first kappa shape index (κ1) is 10.1. The van der Waals surface area contributed by atoms with Crippen LogP contribution >= 0.6 is 0 Å². The summed E-state index contributed by atoms with van der Waals surface area (Å²) in [4.78, 5) is 21.9. The summed E-state index contributed by atoms with van der Waals surface area (Å²) >= 11 is 0. The topological polar surface area (TPSA) is 83.0 Å². The second-order valence-electron chi connectivity index (χ2n) is 3.17. The Morgan fingerprint density at radius 1 is 1.25 bits per heavy atom. The van der Waals surface area contributed by atoms with Gasteiger partial charge in [0.2, 0.25) is 0 Å².